The Morgan fingerprint density at radius 3 is 2.38 bits per heavy atom. The minimum Gasteiger partial charge on any atom is -0.324 e. The van der Waals surface area contributed by atoms with Crippen molar-refractivity contribution in [3.05, 3.63) is 23.8 Å². The van der Waals surface area contributed by atoms with Gasteiger partial charge in [0, 0.05) is 17.8 Å². The Kier molecular flexibility index (Phi) is 2.70. The van der Waals surface area contributed by atoms with Crippen LogP contribution in [0.3, 0.4) is 0 Å². The van der Waals surface area contributed by atoms with Crippen LogP contribution in [0.15, 0.2) is 12.4 Å². The SMILES string of the molecule is Cc1nc2c(C(C)C)cncc2n1C(C)C. The number of aromatic nitrogens is 3. The summed E-state index contributed by atoms with van der Waals surface area (Å²) in [7, 11) is 0. The van der Waals surface area contributed by atoms with Crippen molar-refractivity contribution in [2.24, 2.45) is 0 Å². The van der Waals surface area contributed by atoms with Crippen molar-refractivity contribution in [1.29, 1.82) is 0 Å². The first-order valence-corrected chi connectivity index (χ1v) is 5.84. The molecule has 0 bridgehead atoms. The molecule has 86 valence electrons. The minimum absolute atomic E-state index is 0.425. The Morgan fingerprint density at radius 1 is 1.12 bits per heavy atom. The van der Waals surface area contributed by atoms with Crippen molar-refractivity contribution in [2.45, 2.75) is 46.6 Å². The van der Waals surface area contributed by atoms with Gasteiger partial charge < -0.3 is 4.57 Å². The van der Waals surface area contributed by atoms with Gasteiger partial charge in [-0.2, -0.15) is 0 Å². The molecule has 0 amide bonds. The van der Waals surface area contributed by atoms with E-state index in [1.54, 1.807) is 0 Å². The molecule has 16 heavy (non-hydrogen) atoms. The van der Waals surface area contributed by atoms with E-state index in [2.05, 4.69) is 49.2 Å². The molecule has 0 aliphatic heterocycles. The maximum absolute atomic E-state index is 4.68. The second kappa shape index (κ2) is 3.89. The van der Waals surface area contributed by atoms with Gasteiger partial charge in [-0.25, -0.2) is 4.98 Å². The maximum Gasteiger partial charge on any atom is 0.107 e. The number of rotatable bonds is 2. The van der Waals surface area contributed by atoms with Gasteiger partial charge in [0.05, 0.1) is 17.2 Å². The average Bonchev–Trinajstić information content (AvgIpc) is 2.52. The highest BCUT2D eigenvalue weighted by molar-refractivity contribution is 5.79. The molecule has 0 saturated carbocycles. The van der Waals surface area contributed by atoms with Crippen molar-refractivity contribution in [3.8, 4) is 0 Å². The molecule has 2 aromatic rings. The van der Waals surface area contributed by atoms with Crippen molar-refractivity contribution in [3.63, 3.8) is 0 Å². The third kappa shape index (κ3) is 1.60. The van der Waals surface area contributed by atoms with Gasteiger partial charge in [-0.15, -0.1) is 0 Å². The molecule has 2 aromatic heterocycles. The van der Waals surface area contributed by atoms with Gasteiger partial charge in [-0.05, 0) is 26.7 Å². The lowest BCUT2D eigenvalue weighted by Gasteiger charge is -2.11. The van der Waals surface area contributed by atoms with Crippen LogP contribution in [0.4, 0.5) is 0 Å². The zero-order valence-corrected chi connectivity index (χ0v) is 10.7. The Balaban J connectivity index is 2.78. The summed E-state index contributed by atoms with van der Waals surface area (Å²) in [5.74, 6) is 1.53. The maximum atomic E-state index is 4.68. The first kappa shape index (κ1) is 11.1. The lowest BCUT2D eigenvalue weighted by molar-refractivity contribution is 0.599. The smallest absolute Gasteiger partial charge is 0.107 e. The molecule has 3 heteroatoms. The Bertz CT molecular complexity index is 509. The fraction of sp³-hybridized carbons (Fsp3) is 0.538. The molecule has 0 atom stereocenters. The normalized spacial score (nSPS) is 11.9. The van der Waals surface area contributed by atoms with Crippen molar-refractivity contribution in [2.75, 3.05) is 0 Å². The zero-order valence-electron chi connectivity index (χ0n) is 10.7. The molecule has 3 nitrogen and oxygen atoms in total. The van der Waals surface area contributed by atoms with Gasteiger partial charge in [-0.1, -0.05) is 13.8 Å². The minimum atomic E-state index is 0.425. The predicted octanol–water partition coefficient (Wildman–Crippen LogP) is 3.44. The molecule has 0 aromatic carbocycles. The van der Waals surface area contributed by atoms with E-state index in [1.165, 1.54) is 5.56 Å². The number of imidazole rings is 1. The number of hydrogen-bond acceptors (Lipinski definition) is 2. The average molecular weight is 217 g/mol. The summed E-state index contributed by atoms with van der Waals surface area (Å²) in [6.45, 7) is 10.8. The van der Waals surface area contributed by atoms with Crippen molar-refractivity contribution < 1.29 is 0 Å². The summed E-state index contributed by atoms with van der Waals surface area (Å²) in [4.78, 5) is 9.01. The summed E-state index contributed by atoms with van der Waals surface area (Å²) in [6, 6.07) is 0.425. The van der Waals surface area contributed by atoms with Crippen LogP contribution >= 0.6 is 0 Å². The monoisotopic (exact) mass is 217 g/mol. The molecular weight excluding hydrogens is 198 g/mol. The summed E-state index contributed by atoms with van der Waals surface area (Å²) in [5, 5.41) is 0. The van der Waals surface area contributed by atoms with E-state index < -0.39 is 0 Å². The van der Waals surface area contributed by atoms with Crippen LogP contribution in [0.25, 0.3) is 11.0 Å². The molecule has 0 saturated heterocycles. The molecule has 0 N–H and O–H groups in total. The van der Waals surface area contributed by atoms with E-state index in [-0.39, 0.29) is 0 Å². The highest BCUT2D eigenvalue weighted by Crippen LogP contribution is 2.26. The molecule has 0 aliphatic rings. The summed E-state index contributed by atoms with van der Waals surface area (Å²) in [6.07, 6.45) is 3.85. The predicted molar refractivity (Wildman–Crippen MR) is 66.7 cm³/mol. The molecule has 0 spiro atoms. The van der Waals surface area contributed by atoms with Crippen LogP contribution in [-0.2, 0) is 0 Å². The topological polar surface area (TPSA) is 30.7 Å². The third-order valence-corrected chi connectivity index (χ3v) is 2.95. The fourth-order valence-electron chi connectivity index (χ4n) is 2.22. The van der Waals surface area contributed by atoms with Crippen LogP contribution in [0.5, 0.6) is 0 Å². The van der Waals surface area contributed by atoms with Gasteiger partial charge in [0.2, 0.25) is 0 Å². The van der Waals surface area contributed by atoms with Crippen LogP contribution in [-0.4, -0.2) is 14.5 Å². The Morgan fingerprint density at radius 2 is 1.81 bits per heavy atom. The molecule has 2 rings (SSSR count). The van der Waals surface area contributed by atoms with E-state index in [1.807, 2.05) is 12.4 Å². The Hall–Kier alpha value is -1.38. The highest BCUT2D eigenvalue weighted by atomic mass is 15.1. The largest absolute Gasteiger partial charge is 0.324 e. The van der Waals surface area contributed by atoms with Crippen molar-refractivity contribution in [1.82, 2.24) is 14.5 Å². The van der Waals surface area contributed by atoms with Gasteiger partial charge in [0.25, 0.3) is 0 Å². The van der Waals surface area contributed by atoms with Crippen molar-refractivity contribution >= 4 is 11.0 Å². The number of fused-ring (bicyclic) bond motifs is 1. The van der Waals surface area contributed by atoms with E-state index in [0.29, 0.717) is 12.0 Å². The third-order valence-electron chi connectivity index (χ3n) is 2.95. The van der Waals surface area contributed by atoms with Crippen LogP contribution in [0.2, 0.25) is 0 Å². The fourth-order valence-corrected chi connectivity index (χ4v) is 2.22. The summed E-state index contributed by atoms with van der Waals surface area (Å²) >= 11 is 0. The highest BCUT2D eigenvalue weighted by Gasteiger charge is 2.14. The first-order chi connectivity index (χ1) is 7.52. The number of pyridine rings is 1. The Labute approximate surface area is 96.5 Å². The quantitative estimate of drug-likeness (QED) is 0.771. The lowest BCUT2D eigenvalue weighted by atomic mass is 10.0. The van der Waals surface area contributed by atoms with Gasteiger partial charge in [-0.3, -0.25) is 4.98 Å². The molecule has 0 aliphatic carbocycles. The summed E-state index contributed by atoms with van der Waals surface area (Å²) in [5.41, 5.74) is 3.50. The first-order valence-electron chi connectivity index (χ1n) is 5.84. The molecule has 0 radical (unpaired) electrons. The van der Waals surface area contributed by atoms with E-state index in [9.17, 15) is 0 Å². The van der Waals surface area contributed by atoms with Gasteiger partial charge in [0.1, 0.15) is 5.82 Å². The standard InChI is InChI=1S/C13H19N3/c1-8(2)11-6-14-7-12-13(11)15-10(5)16(12)9(3)4/h6-9H,1-5H3. The zero-order chi connectivity index (χ0) is 11.9. The van der Waals surface area contributed by atoms with Crippen LogP contribution < -0.4 is 0 Å². The van der Waals surface area contributed by atoms with Gasteiger partial charge in [0.15, 0.2) is 0 Å². The molecule has 0 unspecified atom stereocenters. The second-order valence-corrected chi connectivity index (χ2v) is 4.87. The van der Waals surface area contributed by atoms with E-state index in [0.717, 1.165) is 16.9 Å². The summed E-state index contributed by atoms with van der Waals surface area (Å²) < 4.78 is 2.24. The van der Waals surface area contributed by atoms with Gasteiger partial charge >= 0.3 is 0 Å². The number of nitrogens with zero attached hydrogens (tertiary/aromatic N) is 3. The van der Waals surface area contributed by atoms with Crippen LogP contribution in [0, 0.1) is 6.92 Å². The molecule has 2 heterocycles. The van der Waals surface area contributed by atoms with Crippen LogP contribution in [0.1, 0.15) is 51.0 Å². The van der Waals surface area contributed by atoms with E-state index in [4.69, 9.17) is 0 Å². The second-order valence-electron chi connectivity index (χ2n) is 4.87. The van der Waals surface area contributed by atoms with E-state index >= 15 is 0 Å². The number of aryl methyl sites for hydroxylation is 1. The lowest BCUT2D eigenvalue weighted by Crippen LogP contribution is -2.02. The molecule has 0 fully saturated rings. The number of hydrogen-bond donors (Lipinski definition) is 0. The molecular formula is C13H19N3.